The van der Waals surface area contributed by atoms with Crippen molar-refractivity contribution in [2.45, 2.75) is 48.0 Å². The molecular formula is C16H31N. The van der Waals surface area contributed by atoms with E-state index in [1.807, 2.05) is 27.7 Å². The van der Waals surface area contributed by atoms with Gasteiger partial charge in [-0.05, 0) is 18.6 Å². The molecule has 0 saturated carbocycles. The molecule has 0 saturated heterocycles. The Bertz CT molecular complexity index is 259. The van der Waals surface area contributed by atoms with Crippen LogP contribution in [0.1, 0.15) is 48.0 Å². The summed E-state index contributed by atoms with van der Waals surface area (Å²) >= 11 is 0. The monoisotopic (exact) mass is 237 g/mol. The normalized spacial score (nSPS) is 21.3. The van der Waals surface area contributed by atoms with Crippen LogP contribution in [-0.4, -0.2) is 19.0 Å². The lowest BCUT2D eigenvalue weighted by molar-refractivity contribution is 0.517. The highest BCUT2D eigenvalue weighted by Crippen LogP contribution is 2.27. The zero-order valence-electron chi connectivity index (χ0n) is 13.0. The Hall–Kier alpha value is -0.980. The summed E-state index contributed by atoms with van der Waals surface area (Å²) in [5.41, 5.74) is 1.49. The van der Waals surface area contributed by atoms with Crippen molar-refractivity contribution >= 4 is 0 Å². The summed E-state index contributed by atoms with van der Waals surface area (Å²) in [6.07, 6.45) is 12.2. The van der Waals surface area contributed by atoms with E-state index < -0.39 is 0 Å². The first kappa shape index (κ1) is 18.4. The maximum Gasteiger partial charge on any atom is 0.0358 e. The van der Waals surface area contributed by atoms with Crippen LogP contribution >= 0.6 is 0 Å². The maximum atomic E-state index is 2.28. The zero-order chi connectivity index (χ0) is 13.9. The van der Waals surface area contributed by atoms with Gasteiger partial charge in [-0.15, -0.1) is 0 Å². The van der Waals surface area contributed by atoms with Gasteiger partial charge in [0.05, 0.1) is 0 Å². The molecule has 1 rings (SSSR count). The second-order valence-corrected chi connectivity index (χ2v) is 4.04. The number of hydrogen-bond acceptors (Lipinski definition) is 1. The molecule has 1 atom stereocenters. The molecule has 0 aromatic carbocycles. The third kappa shape index (κ3) is 7.04. The Labute approximate surface area is 109 Å². The number of hydrogen-bond donors (Lipinski definition) is 0. The minimum absolute atomic E-state index is 0.230. The lowest BCUT2D eigenvalue weighted by Gasteiger charge is -2.18. The van der Waals surface area contributed by atoms with Gasteiger partial charge >= 0.3 is 0 Å². The maximum absolute atomic E-state index is 2.28. The number of nitrogens with zero attached hydrogens (tertiary/aromatic N) is 1. The van der Waals surface area contributed by atoms with E-state index in [0.717, 1.165) is 6.42 Å². The van der Waals surface area contributed by atoms with Crippen molar-refractivity contribution in [2.75, 3.05) is 14.1 Å². The average molecular weight is 237 g/mol. The molecule has 17 heavy (non-hydrogen) atoms. The van der Waals surface area contributed by atoms with Crippen LogP contribution in [0.15, 0.2) is 36.1 Å². The molecule has 1 aliphatic carbocycles. The topological polar surface area (TPSA) is 3.24 Å². The van der Waals surface area contributed by atoms with Gasteiger partial charge in [-0.2, -0.15) is 0 Å². The molecule has 100 valence electrons. The molecule has 0 N–H and O–H groups in total. The van der Waals surface area contributed by atoms with Crippen molar-refractivity contribution in [1.82, 2.24) is 4.90 Å². The van der Waals surface area contributed by atoms with E-state index in [4.69, 9.17) is 0 Å². The predicted molar refractivity (Wildman–Crippen MR) is 81.1 cm³/mol. The summed E-state index contributed by atoms with van der Waals surface area (Å²) < 4.78 is 0. The number of rotatable bonds is 2. The second-order valence-electron chi connectivity index (χ2n) is 4.04. The first-order valence-electron chi connectivity index (χ1n) is 6.83. The van der Waals surface area contributed by atoms with E-state index in [1.165, 1.54) is 5.70 Å². The summed E-state index contributed by atoms with van der Waals surface area (Å²) in [4.78, 5) is 2.13. The summed E-state index contributed by atoms with van der Waals surface area (Å²) in [7, 11) is 4.14. The van der Waals surface area contributed by atoms with Gasteiger partial charge < -0.3 is 4.90 Å². The van der Waals surface area contributed by atoms with Gasteiger partial charge in [0.25, 0.3) is 0 Å². The summed E-state index contributed by atoms with van der Waals surface area (Å²) in [6, 6.07) is 0. The van der Waals surface area contributed by atoms with Gasteiger partial charge in [0.2, 0.25) is 0 Å². The molecular weight excluding hydrogens is 206 g/mol. The summed E-state index contributed by atoms with van der Waals surface area (Å²) in [6.45, 7) is 12.5. The van der Waals surface area contributed by atoms with Crippen molar-refractivity contribution in [3.05, 3.63) is 36.1 Å². The third-order valence-electron chi connectivity index (χ3n) is 2.66. The molecule has 1 nitrogen and oxygen atoms in total. The minimum atomic E-state index is 0.230. The highest BCUT2D eigenvalue weighted by Gasteiger charge is 2.15. The van der Waals surface area contributed by atoms with Gasteiger partial charge in [0.1, 0.15) is 0 Å². The van der Waals surface area contributed by atoms with E-state index in [0.29, 0.717) is 0 Å². The SMILES string of the molecule is CC.CC.CCC1(C)C=CC=C(N(C)C)C=C1. The molecule has 0 bridgehead atoms. The molecule has 0 fully saturated rings. The second kappa shape index (κ2) is 10.2. The van der Waals surface area contributed by atoms with Gasteiger partial charge in [0.15, 0.2) is 0 Å². The van der Waals surface area contributed by atoms with Crippen LogP contribution in [0.25, 0.3) is 0 Å². The third-order valence-corrected chi connectivity index (χ3v) is 2.66. The molecule has 0 amide bonds. The molecule has 1 heteroatoms. The van der Waals surface area contributed by atoms with Crippen LogP contribution < -0.4 is 0 Å². The van der Waals surface area contributed by atoms with Gasteiger partial charge in [-0.25, -0.2) is 0 Å². The van der Waals surface area contributed by atoms with Crippen LogP contribution in [-0.2, 0) is 0 Å². The van der Waals surface area contributed by atoms with E-state index in [9.17, 15) is 0 Å². The van der Waals surface area contributed by atoms with Gasteiger partial charge in [-0.1, -0.05) is 59.8 Å². The smallest absolute Gasteiger partial charge is 0.0358 e. The van der Waals surface area contributed by atoms with Crippen LogP contribution in [0.3, 0.4) is 0 Å². The Morgan fingerprint density at radius 2 is 1.59 bits per heavy atom. The molecule has 0 aliphatic heterocycles. The highest BCUT2D eigenvalue weighted by molar-refractivity contribution is 5.30. The number of likely N-dealkylation sites (N-methyl/N-ethyl adjacent to an activating group) is 1. The van der Waals surface area contributed by atoms with Crippen molar-refractivity contribution in [3.63, 3.8) is 0 Å². The highest BCUT2D eigenvalue weighted by atomic mass is 15.1. The van der Waals surface area contributed by atoms with Crippen LogP contribution in [0.2, 0.25) is 0 Å². The van der Waals surface area contributed by atoms with E-state index in [1.54, 1.807) is 0 Å². The van der Waals surface area contributed by atoms with E-state index >= 15 is 0 Å². The Morgan fingerprint density at radius 3 is 2.00 bits per heavy atom. The van der Waals surface area contributed by atoms with Crippen molar-refractivity contribution in [2.24, 2.45) is 5.41 Å². The summed E-state index contributed by atoms with van der Waals surface area (Å²) in [5.74, 6) is 0. The Kier molecular flexibility index (Phi) is 11.0. The van der Waals surface area contributed by atoms with E-state index in [-0.39, 0.29) is 5.41 Å². The fraction of sp³-hybridized carbons (Fsp3) is 0.625. The first-order chi connectivity index (χ1) is 8.07. The van der Waals surface area contributed by atoms with Crippen LogP contribution in [0.5, 0.6) is 0 Å². The standard InChI is InChI=1S/C12H19N.2C2H6/c1-5-12(2)9-6-7-11(8-10-12)13(3)4;2*1-2/h6-10H,5H2,1-4H3;2*1-2H3. The lowest BCUT2D eigenvalue weighted by Crippen LogP contribution is -2.10. The number of allylic oxidation sites excluding steroid dienone is 5. The largest absolute Gasteiger partial charge is 0.378 e. The summed E-state index contributed by atoms with van der Waals surface area (Å²) in [5, 5.41) is 0. The molecule has 1 unspecified atom stereocenters. The quantitative estimate of drug-likeness (QED) is 0.651. The average Bonchev–Trinajstić information content (AvgIpc) is 2.57. The predicted octanol–water partition coefficient (Wildman–Crippen LogP) is 5.03. The van der Waals surface area contributed by atoms with Crippen LogP contribution in [0.4, 0.5) is 0 Å². The van der Waals surface area contributed by atoms with Crippen molar-refractivity contribution in [3.8, 4) is 0 Å². The zero-order valence-corrected chi connectivity index (χ0v) is 13.0. The Balaban J connectivity index is 0. The molecule has 0 heterocycles. The fourth-order valence-corrected chi connectivity index (χ4v) is 1.29. The molecule has 0 spiro atoms. The molecule has 1 aliphatic rings. The van der Waals surface area contributed by atoms with Gasteiger partial charge in [-0.3, -0.25) is 0 Å². The minimum Gasteiger partial charge on any atom is -0.378 e. The lowest BCUT2D eigenvalue weighted by atomic mass is 9.87. The van der Waals surface area contributed by atoms with E-state index in [2.05, 4.69) is 63.2 Å². The Morgan fingerprint density at radius 1 is 1.06 bits per heavy atom. The van der Waals surface area contributed by atoms with Crippen molar-refractivity contribution < 1.29 is 0 Å². The molecule has 0 aromatic heterocycles. The molecule has 0 radical (unpaired) electrons. The molecule has 0 aromatic rings. The van der Waals surface area contributed by atoms with Gasteiger partial charge in [0, 0.05) is 25.2 Å². The van der Waals surface area contributed by atoms with Crippen LogP contribution in [0, 0.1) is 5.41 Å². The first-order valence-corrected chi connectivity index (χ1v) is 6.83. The fourth-order valence-electron chi connectivity index (χ4n) is 1.29. The van der Waals surface area contributed by atoms with Crippen molar-refractivity contribution in [1.29, 1.82) is 0 Å².